The van der Waals surface area contributed by atoms with Gasteiger partial charge in [-0.15, -0.1) is 0 Å². The number of nitrogens with zero attached hydrogens (tertiary/aromatic N) is 3. The van der Waals surface area contributed by atoms with Crippen LogP contribution in [0.15, 0.2) is 42.6 Å². The monoisotopic (exact) mass is 474 g/mol. The van der Waals surface area contributed by atoms with Gasteiger partial charge in [0.1, 0.15) is 17.9 Å². The maximum Gasteiger partial charge on any atom is 0.387 e. The van der Waals surface area contributed by atoms with Gasteiger partial charge in [0.15, 0.2) is 0 Å². The quantitative estimate of drug-likeness (QED) is 0.558. The van der Waals surface area contributed by atoms with Gasteiger partial charge in [-0.3, -0.25) is 19.4 Å². The molecule has 0 bridgehead atoms. The smallest absolute Gasteiger partial charge is 0.387 e. The van der Waals surface area contributed by atoms with Crippen molar-refractivity contribution in [1.29, 1.82) is 0 Å². The summed E-state index contributed by atoms with van der Waals surface area (Å²) in [6.07, 6.45) is 3.16. The number of aromatic nitrogens is 1. The van der Waals surface area contributed by atoms with Crippen molar-refractivity contribution in [2.45, 2.75) is 44.9 Å². The molecule has 34 heavy (non-hydrogen) atoms. The van der Waals surface area contributed by atoms with Crippen LogP contribution >= 0.6 is 0 Å². The molecule has 4 amide bonds. The van der Waals surface area contributed by atoms with Crippen LogP contribution in [0.1, 0.15) is 36.5 Å². The number of nitrogens with two attached hydrogens (primary N) is 1. The number of urea groups is 1. The summed E-state index contributed by atoms with van der Waals surface area (Å²) in [5.41, 5.74) is 5.88. The molecule has 2 fully saturated rings. The lowest BCUT2D eigenvalue weighted by Gasteiger charge is -2.40. The summed E-state index contributed by atoms with van der Waals surface area (Å²) in [4.78, 5) is 43.6. The lowest BCUT2D eigenvalue weighted by Crippen LogP contribution is -2.49. The maximum absolute atomic E-state index is 12.9. The normalized spacial score (nSPS) is 20.9. The largest absolute Gasteiger partial charge is 0.474 e. The number of anilines is 1. The molecule has 2 N–H and O–H groups in total. The molecule has 9 nitrogen and oxygen atoms in total. The SMILES string of the molecule is C[C@@H](CC1CC(N2C(=O)CN(c3cccc(OC(F)F)c3)C2=O)C1)Oc1ncccc1C(N)=O. The average molecular weight is 474 g/mol. The van der Waals surface area contributed by atoms with E-state index in [-0.39, 0.29) is 47.7 Å². The maximum atomic E-state index is 12.9. The molecule has 1 aromatic heterocycles. The predicted octanol–water partition coefficient (Wildman–Crippen LogP) is 3.19. The Kier molecular flexibility index (Phi) is 6.62. The summed E-state index contributed by atoms with van der Waals surface area (Å²) in [6, 6.07) is 8.14. The first-order chi connectivity index (χ1) is 16.2. The van der Waals surface area contributed by atoms with E-state index in [0.717, 1.165) is 0 Å². The van der Waals surface area contributed by atoms with E-state index in [1.807, 2.05) is 6.92 Å². The fraction of sp³-hybridized carbons (Fsp3) is 0.391. The third kappa shape index (κ3) is 4.92. The Morgan fingerprint density at radius 2 is 1.97 bits per heavy atom. The van der Waals surface area contributed by atoms with Gasteiger partial charge in [0.25, 0.3) is 11.8 Å². The minimum atomic E-state index is -2.99. The summed E-state index contributed by atoms with van der Waals surface area (Å²) in [5.74, 6) is -0.648. The molecule has 1 saturated heterocycles. The van der Waals surface area contributed by atoms with Crippen molar-refractivity contribution in [3.8, 4) is 11.6 Å². The van der Waals surface area contributed by atoms with Crippen molar-refractivity contribution in [2.24, 2.45) is 11.7 Å². The number of imide groups is 1. The van der Waals surface area contributed by atoms with Gasteiger partial charge in [0.2, 0.25) is 5.88 Å². The molecule has 11 heteroatoms. The zero-order valence-electron chi connectivity index (χ0n) is 18.4. The van der Waals surface area contributed by atoms with E-state index in [0.29, 0.717) is 24.9 Å². The van der Waals surface area contributed by atoms with E-state index in [1.54, 1.807) is 18.2 Å². The molecule has 1 aromatic carbocycles. The highest BCUT2D eigenvalue weighted by Crippen LogP contribution is 2.38. The third-order valence-electron chi connectivity index (χ3n) is 5.94. The highest BCUT2D eigenvalue weighted by Gasteiger charge is 2.46. The lowest BCUT2D eigenvalue weighted by molar-refractivity contribution is -0.128. The highest BCUT2D eigenvalue weighted by atomic mass is 19.3. The molecule has 180 valence electrons. The Bertz CT molecular complexity index is 1090. The Labute approximate surface area is 194 Å². The summed E-state index contributed by atoms with van der Waals surface area (Å²) >= 11 is 0. The van der Waals surface area contributed by atoms with E-state index >= 15 is 0 Å². The van der Waals surface area contributed by atoms with Crippen molar-refractivity contribution in [2.75, 3.05) is 11.4 Å². The van der Waals surface area contributed by atoms with Crippen molar-refractivity contribution in [3.63, 3.8) is 0 Å². The molecule has 0 radical (unpaired) electrons. The molecule has 2 heterocycles. The molecule has 2 aliphatic rings. The minimum absolute atomic E-state index is 0.0868. The van der Waals surface area contributed by atoms with Gasteiger partial charge >= 0.3 is 12.6 Å². The number of carbonyl (C=O) groups is 3. The fourth-order valence-corrected chi connectivity index (χ4v) is 4.39. The van der Waals surface area contributed by atoms with Gasteiger partial charge in [0.05, 0.1) is 6.10 Å². The van der Waals surface area contributed by atoms with Crippen LogP contribution in [0, 0.1) is 5.92 Å². The minimum Gasteiger partial charge on any atom is -0.474 e. The van der Waals surface area contributed by atoms with Crippen molar-refractivity contribution < 1.29 is 32.6 Å². The Morgan fingerprint density at radius 1 is 1.21 bits per heavy atom. The molecule has 1 atom stereocenters. The van der Waals surface area contributed by atoms with Crippen LogP contribution in [0.2, 0.25) is 0 Å². The van der Waals surface area contributed by atoms with E-state index in [4.69, 9.17) is 10.5 Å². The van der Waals surface area contributed by atoms with Crippen LogP contribution < -0.4 is 20.1 Å². The predicted molar refractivity (Wildman–Crippen MR) is 117 cm³/mol. The first-order valence-corrected chi connectivity index (χ1v) is 10.8. The fourth-order valence-electron chi connectivity index (χ4n) is 4.39. The van der Waals surface area contributed by atoms with Crippen molar-refractivity contribution in [1.82, 2.24) is 9.88 Å². The second kappa shape index (κ2) is 9.62. The first-order valence-electron chi connectivity index (χ1n) is 10.8. The number of rotatable bonds is 9. The number of halogens is 2. The molecule has 1 aliphatic carbocycles. The third-order valence-corrected chi connectivity index (χ3v) is 5.94. The van der Waals surface area contributed by atoms with Gasteiger partial charge in [-0.25, -0.2) is 9.78 Å². The number of hydrogen-bond acceptors (Lipinski definition) is 6. The second-order valence-corrected chi connectivity index (χ2v) is 8.38. The summed E-state index contributed by atoms with van der Waals surface area (Å²) in [7, 11) is 0. The van der Waals surface area contributed by atoms with E-state index < -0.39 is 18.5 Å². The van der Waals surface area contributed by atoms with Crippen molar-refractivity contribution in [3.05, 3.63) is 48.2 Å². The summed E-state index contributed by atoms with van der Waals surface area (Å²) in [5, 5.41) is 0. The summed E-state index contributed by atoms with van der Waals surface area (Å²) < 4.78 is 35.2. The number of primary amides is 1. The molecular weight excluding hydrogens is 450 g/mol. The van der Waals surface area contributed by atoms with E-state index in [2.05, 4.69) is 9.72 Å². The van der Waals surface area contributed by atoms with Gasteiger partial charge < -0.3 is 15.2 Å². The van der Waals surface area contributed by atoms with Crippen LogP contribution in [-0.4, -0.2) is 53.0 Å². The standard InChI is InChI=1S/C23H24F2N4O5/c1-13(33-21-18(20(26)31)6-3-7-27-21)8-14-9-16(10-14)29-19(30)12-28(23(29)32)15-4-2-5-17(11-15)34-22(24)25/h2-7,11,13-14,16,22H,8-10,12H2,1H3,(H2,26,31)/t13-,14?,16?/m0/s1. The number of carbonyl (C=O) groups excluding carboxylic acids is 3. The Hall–Kier alpha value is -3.76. The molecule has 4 rings (SSSR count). The number of benzene rings is 1. The Morgan fingerprint density at radius 3 is 2.68 bits per heavy atom. The molecule has 1 aliphatic heterocycles. The van der Waals surface area contributed by atoms with Crippen LogP contribution in [0.5, 0.6) is 11.6 Å². The summed E-state index contributed by atoms with van der Waals surface area (Å²) in [6.45, 7) is -1.29. The number of pyridine rings is 1. The zero-order chi connectivity index (χ0) is 24.4. The number of alkyl halides is 2. The number of amides is 4. The molecule has 0 unspecified atom stereocenters. The second-order valence-electron chi connectivity index (χ2n) is 8.38. The average Bonchev–Trinajstić information content (AvgIpc) is 3.04. The Balaban J connectivity index is 1.33. The van der Waals surface area contributed by atoms with Gasteiger partial charge in [-0.05, 0) is 56.4 Å². The lowest BCUT2D eigenvalue weighted by atomic mass is 9.76. The van der Waals surface area contributed by atoms with E-state index in [1.165, 1.54) is 34.2 Å². The number of ether oxygens (including phenoxy) is 2. The topological polar surface area (TPSA) is 115 Å². The number of hydrogen-bond donors (Lipinski definition) is 1. The van der Waals surface area contributed by atoms with Crippen LogP contribution in [0.25, 0.3) is 0 Å². The van der Waals surface area contributed by atoms with Gasteiger partial charge in [-0.1, -0.05) is 6.07 Å². The van der Waals surface area contributed by atoms with Crippen LogP contribution in [0.4, 0.5) is 19.3 Å². The first kappa shape index (κ1) is 23.4. The van der Waals surface area contributed by atoms with Crippen LogP contribution in [-0.2, 0) is 4.79 Å². The zero-order valence-corrected chi connectivity index (χ0v) is 18.4. The van der Waals surface area contributed by atoms with Crippen LogP contribution in [0.3, 0.4) is 0 Å². The molecule has 1 saturated carbocycles. The molecular formula is C23H24F2N4O5. The van der Waals surface area contributed by atoms with Gasteiger partial charge in [0, 0.05) is 24.0 Å². The van der Waals surface area contributed by atoms with Crippen molar-refractivity contribution >= 4 is 23.5 Å². The van der Waals surface area contributed by atoms with E-state index in [9.17, 15) is 23.2 Å². The highest BCUT2D eigenvalue weighted by molar-refractivity contribution is 6.12. The van der Waals surface area contributed by atoms with Gasteiger partial charge in [-0.2, -0.15) is 8.78 Å². The molecule has 0 spiro atoms. The molecule has 2 aromatic rings.